The molecule has 1 saturated heterocycles. The number of thioether (sulfide) groups is 1. The topological polar surface area (TPSA) is 66.5 Å². The Morgan fingerprint density at radius 1 is 0.938 bits per heavy atom. The number of carbonyl (C=O) groups is 1. The molecule has 0 aliphatic carbocycles. The van der Waals surface area contributed by atoms with Crippen LogP contribution >= 0.6 is 11.8 Å². The third kappa shape index (κ3) is 4.55. The molecular formula is C23H20F2N2O3S2. The van der Waals surface area contributed by atoms with Gasteiger partial charge >= 0.3 is 0 Å². The summed E-state index contributed by atoms with van der Waals surface area (Å²) in [6, 6.07) is 19.5. The number of hydrogen-bond acceptors (Lipinski definition) is 4. The zero-order valence-corrected chi connectivity index (χ0v) is 18.5. The van der Waals surface area contributed by atoms with E-state index < -0.39 is 32.9 Å². The average molecular weight is 475 g/mol. The Hall–Kier alpha value is -2.75. The zero-order valence-electron chi connectivity index (χ0n) is 16.9. The van der Waals surface area contributed by atoms with Crippen molar-refractivity contribution in [2.75, 3.05) is 12.3 Å². The molecule has 1 heterocycles. The monoisotopic (exact) mass is 474 g/mol. The minimum absolute atomic E-state index is 0.0811. The number of hydrogen-bond donors (Lipinski definition) is 1. The third-order valence-electron chi connectivity index (χ3n) is 5.14. The Kier molecular flexibility index (Phi) is 6.59. The molecule has 32 heavy (non-hydrogen) atoms. The van der Waals surface area contributed by atoms with E-state index >= 15 is 0 Å². The Morgan fingerprint density at radius 3 is 2.22 bits per heavy atom. The summed E-state index contributed by atoms with van der Waals surface area (Å²) in [7, 11) is -3.93. The lowest BCUT2D eigenvalue weighted by Gasteiger charge is -2.22. The van der Waals surface area contributed by atoms with E-state index in [0.29, 0.717) is 5.75 Å². The first-order valence-corrected chi connectivity index (χ1v) is 12.4. The summed E-state index contributed by atoms with van der Waals surface area (Å²) in [5, 5.41) is 1.45. The number of nitrogens with zero attached hydrogens (tertiary/aromatic N) is 1. The second-order valence-corrected chi connectivity index (χ2v) is 10.2. The first-order valence-electron chi connectivity index (χ1n) is 9.87. The van der Waals surface area contributed by atoms with E-state index in [0.717, 1.165) is 27.6 Å². The van der Waals surface area contributed by atoms with Gasteiger partial charge in [0.2, 0.25) is 15.9 Å². The van der Waals surface area contributed by atoms with Gasteiger partial charge in [-0.15, -0.1) is 11.8 Å². The summed E-state index contributed by atoms with van der Waals surface area (Å²) in [5.74, 6) is -1.72. The maximum Gasteiger partial charge on any atom is 0.249 e. The van der Waals surface area contributed by atoms with E-state index in [2.05, 4.69) is 5.32 Å². The van der Waals surface area contributed by atoms with Crippen LogP contribution in [0.25, 0.3) is 11.1 Å². The highest BCUT2D eigenvalue weighted by Gasteiger charge is 2.40. The highest BCUT2D eigenvalue weighted by molar-refractivity contribution is 8.02. The molecule has 4 rings (SSSR count). The molecule has 0 aromatic heterocycles. The number of amides is 1. The van der Waals surface area contributed by atoms with Gasteiger partial charge in [0.25, 0.3) is 0 Å². The first kappa shape index (κ1) is 22.4. The van der Waals surface area contributed by atoms with Crippen molar-refractivity contribution in [3.63, 3.8) is 0 Å². The predicted octanol–water partition coefficient (Wildman–Crippen LogP) is 4.01. The van der Waals surface area contributed by atoms with E-state index in [1.807, 2.05) is 30.3 Å². The van der Waals surface area contributed by atoms with Gasteiger partial charge in [-0.3, -0.25) is 4.79 Å². The lowest BCUT2D eigenvalue weighted by molar-refractivity contribution is -0.122. The van der Waals surface area contributed by atoms with Gasteiger partial charge in [0.1, 0.15) is 17.0 Å². The van der Waals surface area contributed by atoms with Crippen LogP contribution in [0.4, 0.5) is 8.78 Å². The molecule has 9 heteroatoms. The van der Waals surface area contributed by atoms with Crippen molar-refractivity contribution >= 4 is 27.7 Å². The fourth-order valence-corrected chi connectivity index (χ4v) is 6.56. The van der Waals surface area contributed by atoms with Crippen LogP contribution in [0.1, 0.15) is 5.56 Å². The Bertz CT molecular complexity index is 1200. The van der Waals surface area contributed by atoms with E-state index in [1.54, 1.807) is 12.1 Å². The molecular weight excluding hydrogens is 454 g/mol. The SMILES string of the molecule is O=C(NCc1c(F)cccc1F)C1SCCN1S(=O)(=O)c1ccc(-c2ccccc2)cc1. The fourth-order valence-electron chi connectivity index (χ4n) is 3.46. The van der Waals surface area contributed by atoms with Crippen LogP contribution in [0.2, 0.25) is 0 Å². The summed E-state index contributed by atoms with van der Waals surface area (Å²) >= 11 is 1.17. The smallest absolute Gasteiger partial charge is 0.249 e. The van der Waals surface area contributed by atoms with Gasteiger partial charge in [0, 0.05) is 24.4 Å². The molecule has 1 N–H and O–H groups in total. The summed E-state index contributed by atoms with van der Waals surface area (Å²) in [6.07, 6.45) is 0. The summed E-state index contributed by atoms with van der Waals surface area (Å²) in [6.45, 7) is -0.201. The third-order valence-corrected chi connectivity index (χ3v) is 8.36. The second kappa shape index (κ2) is 9.40. The van der Waals surface area contributed by atoms with Crippen LogP contribution in [0, 0.1) is 11.6 Å². The molecule has 1 amide bonds. The highest BCUT2D eigenvalue weighted by atomic mass is 32.2. The molecule has 5 nitrogen and oxygen atoms in total. The van der Waals surface area contributed by atoms with Crippen molar-refractivity contribution in [3.05, 3.63) is 90.0 Å². The van der Waals surface area contributed by atoms with Crippen LogP contribution in [-0.4, -0.2) is 36.3 Å². The van der Waals surface area contributed by atoms with Crippen LogP contribution in [0.5, 0.6) is 0 Å². The number of benzene rings is 3. The molecule has 0 saturated carbocycles. The summed E-state index contributed by atoms with van der Waals surface area (Å²) in [4.78, 5) is 12.8. The van der Waals surface area contributed by atoms with E-state index in [4.69, 9.17) is 0 Å². The molecule has 1 aliphatic heterocycles. The average Bonchev–Trinajstić information content (AvgIpc) is 3.30. The Balaban J connectivity index is 1.50. The quantitative estimate of drug-likeness (QED) is 0.586. The number of nitrogens with one attached hydrogen (secondary N) is 1. The van der Waals surface area contributed by atoms with Gasteiger partial charge in [0.05, 0.1) is 4.90 Å². The van der Waals surface area contributed by atoms with Crippen LogP contribution in [0.3, 0.4) is 0 Å². The first-order chi connectivity index (χ1) is 15.4. The normalized spacial score (nSPS) is 16.8. The van der Waals surface area contributed by atoms with Gasteiger partial charge in [-0.05, 0) is 35.4 Å². The number of halogens is 2. The number of sulfonamides is 1. The molecule has 3 aromatic carbocycles. The molecule has 0 bridgehead atoms. The summed E-state index contributed by atoms with van der Waals surface area (Å²) < 4.78 is 55.1. The molecule has 1 fully saturated rings. The minimum Gasteiger partial charge on any atom is -0.350 e. The largest absolute Gasteiger partial charge is 0.350 e. The maximum atomic E-state index is 13.8. The fraction of sp³-hybridized carbons (Fsp3) is 0.174. The van der Waals surface area contributed by atoms with Crippen molar-refractivity contribution in [3.8, 4) is 11.1 Å². The Labute approximate surface area is 189 Å². The van der Waals surface area contributed by atoms with Crippen molar-refractivity contribution in [1.29, 1.82) is 0 Å². The van der Waals surface area contributed by atoms with E-state index in [1.165, 1.54) is 30.0 Å². The Morgan fingerprint density at radius 2 is 1.56 bits per heavy atom. The lowest BCUT2D eigenvalue weighted by Crippen LogP contribution is -2.44. The van der Waals surface area contributed by atoms with Crippen molar-refractivity contribution in [2.45, 2.75) is 16.8 Å². The van der Waals surface area contributed by atoms with Gasteiger partial charge in [-0.1, -0.05) is 48.5 Å². The number of carbonyl (C=O) groups excluding carboxylic acids is 1. The molecule has 0 radical (unpaired) electrons. The van der Waals surface area contributed by atoms with Crippen LogP contribution in [0.15, 0.2) is 77.7 Å². The molecule has 3 aromatic rings. The maximum absolute atomic E-state index is 13.8. The standard InChI is InChI=1S/C23H20F2N2O3S2/c24-20-7-4-8-21(25)19(20)15-26-22(28)23-27(13-14-31-23)32(29,30)18-11-9-17(10-12-18)16-5-2-1-3-6-16/h1-12,23H,13-15H2,(H,26,28). The molecule has 0 spiro atoms. The zero-order chi connectivity index (χ0) is 22.7. The molecule has 1 aliphatic rings. The lowest BCUT2D eigenvalue weighted by atomic mass is 10.1. The van der Waals surface area contributed by atoms with E-state index in [-0.39, 0.29) is 23.5 Å². The van der Waals surface area contributed by atoms with Gasteiger partial charge in [-0.25, -0.2) is 17.2 Å². The van der Waals surface area contributed by atoms with Gasteiger partial charge in [0.15, 0.2) is 0 Å². The van der Waals surface area contributed by atoms with Crippen molar-refractivity contribution < 1.29 is 22.0 Å². The minimum atomic E-state index is -3.93. The van der Waals surface area contributed by atoms with Gasteiger partial charge < -0.3 is 5.32 Å². The van der Waals surface area contributed by atoms with E-state index in [9.17, 15) is 22.0 Å². The highest BCUT2D eigenvalue weighted by Crippen LogP contribution is 2.31. The predicted molar refractivity (Wildman–Crippen MR) is 120 cm³/mol. The van der Waals surface area contributed by atoms with Gasteiger partial charge in [-0.2, -0.15) is 4.31 Å². The molecule has 1 unspecified atom stereocenters. The molecule has 166 valence electrons. The van der Waals surface area contributed by atoms with Crippen molar-refractivity contribution in [2.24, 2.45) is 0 Å². The van der Waals surface area contributed by atoms with Crippen LogP contribution in [-0.2, 0) is 21.4 Å². The second-order valence-electron chi connectivity index (χ2n) is 7.15. The summed E-state index contributed by atoms with van der Waals surface area (Å²) in [5.41, 5.74) is 1.57. The van der Waals surface area contributed by atoms with Crippen molar-refractivity contribution in [1.82, 2.24) is 9.62 Å². The van der Waals surface area contributed by atoms with Crippen LogP contribution < -0.4 is 5.32 Å². The molecule has 1 atom stereocenters. The number of rotatable bonds is 6.